The molecular weight excluding hydrogens is 440 g/mol. The summed E-state index contributed by atoms with van der Waals surface area (Å²) in [6.07, 6.45) is 1.92. The van der Waals surface area contributed by atoms with Crippen molar-refractivity contribution in [3.8, 4) is 5.75 Å². The highest BCUT2D eigenvalue weighted by molar-refractivity contribution is 7.99. The Morgan fingerprint density at radius 2 is 2.00 bits per heavy atom. The molecule has 0 unspecified atom stereocenters. The monoisotopic (exact) mass is 466 g/mol. The molecule has 4 aromatic rings. The molecule has 0 saturated heterocycles. The van der Waals surface area contributed by atoms with Crippen molar-refractivity contribution >= 4 is 44.4 Å². The van der Waals surface area contributed by atoms with E-state index in [2.05, 4.69) is 26.0 Å². The lowest BCUT2D eigenvalue weighted by molar-refractivity contribution is -0.118. The van der Waals surface area contributed by atoms with Gasteiger partial charge >= 0.3 is 0 Å². The van der Waals surface area contributed by atoms with Crippen molar-refractivity contribution in [3.63, 3.8) is 0 Å². The minimum absolute atomic E-state index is 0.0187. The standard InChI is InChI=1S/C25H26N2O3S2/c1-4-29-19-9-12-22-23(15-19)32-25(26-22)27(16-20-6-5-13-30-20)24(28)14-18-7-10-21(11-8-18)31-17(2)3/h5-13,15,17H,4,14,16H2,1-3H3. The quantitative estimate of drug-likeness (QED) is 0.261. The van der Waals surface area contributed by atoms with Crippen molar-refractivity contribution in [2.24, 2.45) is 0 Å². The summed E-state index contributed by atoms with van der Waals surface area (Å²) in [4.78, 5) is 21.0. The molecule has 0 aliphatic heterocycles. The molecule has 166 valence electrons. The van der Waals surface area contributed by atoms with Gasteiger partial charge in [0.2, 0.25) is 5.91 Å². The third-order valence-corrected chi connectivity index (χ3v) is 6.79. The molecule has 0 radical (unpaired) electrons. The smallest absolute Gasteiger partial charge is 0.233 e. The number of ether oxygens (including phenoxy) is 1. The summed E-state index contributed by atoms with van der Waals surface area (Å²) < 4.78 is 12.1. The first kappa shape index (κ1) is 22.4. The molecule has 0 fully saturated rings. The number of rotatable bonds is 9. The first-order valence-corrected chi connectivity index (χ1v) is 12.3. The number of hydrogen-bond acceptors (Lipinski definition) is 6. The third-order valence-electron chi connectivity index (χ3n) is 4.74. The highest BCUT2D eigenvalue weighted by Gasteiger charge is 2.22. The first-order chi connectivity index (χ1) is 15.5. The van der Waals surface area contributed by atoms with Gasteiger partial charge in [0, 0.05) is 10.1 Å². The lowest BCUT2D eigenvalue weighted by Crippen LogP contribution is -2.31. The molecule has 1 amide bonds. The Labute approximate surface area is 196 Å². The van der Waals surface area contributed by atoms with Crippen LogP contribution in [0, 0.1) is 0 Å². The van der Waals surface area contributed by atoms with E-state index in [4.69, 9.17) is 14.1 Å². The summed E-state index contributed by atoms with van der Waals surface area (Å²) in [6, 6.07) is 17.7. The fourth-order valence-electron chi connectivity index (χ4n) is 3.31. The third kappa shape index (κ3) is 5.53. The number of thioether (sulfide) groups is 1. The summed E-state index contributed by atoms with van der Waals surface area (Å²) in [5, 5.41) is 1.18. The summed E-state index contributed by atoms with van der Waals surface area (Å²) in [7, 11) is 0. The molecule has 0 bridgehead atoms. The Morgan fingerprint density at radius 1 is 1.19 bits per heavy atom. The maximum Gasteiger partial charge on any atom is 0.233 e. The topological polar surface area (TPSA) is 55.6 Å². The van der Waals surface area contributed by atoms with E-state index >= 15 is 0 Å². The van der Waals surface area contributed by atoms with Crippen molar-refractivity contribution < 1.29 is 13.9 Å². The van der Waals surface area contributed by atoms with Gasteiger partial charge in [-0.3, -0.25) is 9.69 Å². The zero-order valence-electron chi connectivity index (χ0n) is 18.4. The van der Waals surface area contributed by atoms with E-state index in [0.29, 0.717) is 30.0 Å². The van der Waals surface area contributed by atoms with Crippen LogP contribution < -0.4 is 9.64 Å². The fourth-order valence-corrected chi connectivity index (χ4v) is 5.16. The molecule has 0 aliphatic carbocycles. The molecule has 32 heavy (non-hydrogen) atoms. The predicted octanol–water partition coefficient (Wildman–Crippen LogP) is 6.56. The molecule has 0 aliphatic rings. The van der Waals surface area contributed by atoms with Gasteiger partial charge in [0.15, 0.2) is 5.13 Å². The second-order valence-corrected chi connectivity index (χ2v) is 10.3. The Kier molecular flexibility index (Phi) is 7.17. The van der Waals surface area contributed by atoms with Crippen LogP contribution in [0.3, 0.4) is 0 Å². The summed E-state index contributed by atoms with van der Waals surface area (Å²) in [5.41, 5.74) is 1.83. The minimum atomic E-state index is -0.0187. The van der Waals surface area contributed by atoms with Crippen LogP contribution in [0.25, 0.3) is 10.2 Å². The molecule has 5 nitrogen and oxygen atoms in total. The van der Waals surface area contributed by atoms with E-state index in [1.165, 1.54) is 16.2 Å². The summed E-state index contributed by atoms with van der Waals surface area (Å²) >= 11 is 3.30. The average Bonchev–Trinajstić information content (AvgIpc) is 3.42. The Morgan fingerprint density at radius 3 is 2.69 bits per heavy atom. The molecule has 2 heterocycles. The number of aromatic nitrogens is 1. The fraction of sp³-hybridized carbons (Fsp3) is 0.280. The molecule has 0 spiro atoms. The zero-order chi connectivity index (χ0) is 22.5. The van der Waals surface area contributed by atoms with Crippen molar-refractivity contribution in [2.45, 2.75) is 43.9 Å². The van der Waals surface area contributed by atoms with E-state index in [9.17, 15) is 4.79 Å². The van der Waals surface area contributed by atoms with Gasteiger partial charge in [-0.15, -0.1) is 11.8 Å². The minimum Gasteiger partial charge on any atom is -0.494 e. The summed E-state index contributed by atoms with van der Waals surface area (Å²) in [6.45, 7) is 7.24. The predicted molar refractivity (Wildman–Crippen MR) is 132 cm³/mol. The van der Waals surface area contributed by atoms with Gasteiger partial charge < -0.3 is 9.15 Å². The van der Waals surface area contributed by atoms with E-state index in [0.717, 1.165) is 27.3 Å². The highest BCUT2D eigenvalue weighted by Crippen LogP contribution is 2.33. The van der Waals surface area contributed by atoms with E-state index in [1.54, 1.807) is 11.2 Å². The van der Waals surface area contributed by atoms with E-state index in [1.807, 2.05) is 61.2 Å². The van der Waals surface area contributed by atoms with Gasteiger partial charge in [0.05, 0.1) is 36.1 Å². The molecule has 0 saturated carbocycles. The van der Waals surface area contributed by atoms with Crippen LogP contribution in [-0.2, 0) is 17.8 Å². The Bertz CT molecular complexity index is 1170. The lowest BCUT2D eigenvalue weighted by Gasteiger charge is -2.19. The SMILES string of the molecule is CCOc1ccc2nc(N(Cc3ccco3)C(=O)Cc3ccc(SC(C)C)cc3)sc2c1. The number of furan rings is 1. The number of fused-ring (bicyclic) bond motifs is 1. The van der Waals surface area contributed by atoms with Crippen LogP contribution in [0.15, 0.2) is 70.2 Å². The van der Waals surface area contributed by atoms with Crippen LogP contribution in [0.1, 0.15) is 32.1 Å². The Balaban J connectivity index is 1.59. The number of amides is 1. The highest BCUT2D eigenvalue weighted by atomic mass is 32.2. The second-order valence-electron chi connectivity index (χ2n) is 7.61. The van der Waals surface area contributed by atoms with Gasteiger partial charge in [0.25, 0.3) is 0 Å². The van der Waals surface area contributed by atoms with Crippen molar-refractivity contribution in [3.05, 3.63) is 72.2 Å². The lowest BCUT2D eigenvalue weighted by atomic mass is 10.1. The molecule has 7 heteroatoms. The van der Waals surface area contributed by atoms with Crippen molar-refractivity contribution in [2.75, 3.05) is 11.5 Å². The van der Waals surface area contributed by atoms with Crippen molar-refractivity contribution in [1.29, 1.82) is 0 Å². The first-order valence-electron chi connectivity index (χ1n) is 10.6. The maximum atomic E-state index is 13.4. The largest absolute Gasteiger partial charge is 0.494 e. The Hall–Kier alpha value is -2.77. The summed E-state index contributed by atoms with van der Waals surface area (Å²) in [5.74, 6) is 1.50. The number of thiazole rings is 1. The van der Waals surface area contributed by atoms with Gasteiger partial charge in [-0.05, 0) is 55.0 Å². The van der Waals surface area contributed by atoms with Crippen LogP contribution >= 0.6 is 23.1 Å². The number of hydrogen-bond donors (Lipinski definition) is 0. The zero-order valence-corrected chi connectivity index (χ0v) is 20.0. The second kappa shape index (κ2) is 10.2. The number of benzene rings is 2. The van der Waals surface area contributed by atoms with E-state index in [-0.39, 0.29) is 5.91 Å². The molecule has 0 N–H and O–H groups in total. The average molecular weight is 467 g/mol. The molecule has 2 aromatic heterocycles. The molecule has 4 rings (SSSR count). The van der Waals surface area contributed by atoms with Gasteiger partial charge in [-0.25, -0.2) is 4.98 Å². The number of nitrogens with zero attached hydrogens (tertiary/aromatic N) is 2. The van der Waals surface area contributed by atoms with Gasteiger partial charge in [-0.1, -0.05) is 37.3 Å². The number of carbonyl (C=O) groups excluding carboxylic acids is 1. The molecule has 2 aromatic carbocycles. The maximum absolute atomic E-state index is 13.4. The van der Waals surface area contributed by atoms with Crippen LogP contribution in [0.4, 0.5) is 5.13 Å². The number of carbonyl (C=O) groups is 1. The normalized spacial score (nSPS) is 11.2. The van der Waals surface area contributed by atoms with Gasteiger partial charge in [0.1, 0.15) is 11.5 Å². The van der Waals surface area contributed by atoms with Crippen LogP contribution in [-0.4, -0.2) is 22.7 Å². The molecular formula is C25H26N2O3S2. The van der Waals surface area contributed by atoms with Gasteiger partial charge in [-0.2, -0.15) is 0 Å². The van der Waals surface area contributed by atoms with E-state index < -0.39 is 0 Å². The van der Waals surface area contributed by atoms with Crippen molar-refractivity contribution in [1.82, 2.24) is 4.98 Å². The number of anilines is 1. The molecule has 0 atom stereocenters. The van der Waals surface area contributed by atoms with Crippen LogP contribution in [0.5, 0.6) is 5.75 Å². The van der Waals surface area contributed by atoms with Crippen LogP contribution in [0.2, 0.25) is 0 Å².